The fraction of sp³-hybridized carbons (Fsp3) is 0.238. The molecule has 26 heavy (non-hydrogen) atoms. The topological polar surface area (TPSA) is 74.3 Å². The molecule has 2 aromatic carbocycles. The molecule has 1 aromatic heterocycles. The molecule has 5 nitrogen and oxygen atoms in total. The van der Waals surface area contributed by atoms with Crippen LogP contribution in [0.1, 0.15) is 36.7 Å². The van der Waals surface area contributed by atoms with Gasteiger partial charge in [-0.2, -0.15) is 0 Å². The van der Waals surface area contributed by atoms with Crippen LogP contribution in [0.2, 0.25) is 0 Å². The molecule has 0 amide bonds. The molecule has 0 unspecified atom stereocenters. The number of fused-ring (bicyclic) bond motifs is 1. The van der Waals surface area contributed by atoms with Gasteiger partial charge in [-0.25, -0.2) is 4.79 Å². The second-order valence-electron chi connectivity index (χ2n) is 7.29. The molecule has 2 N–H and O–H groups in total. The second kappa shape index (κ2) is 6.67. The number of nitrogens with two attached hydrogens (primary N) is 1. The van der Waals surface area contributed by atoms with Crippen molar-refractivity contribution >= 4 is 22.4 Å². The molecule has 0 radical (unpaired) electrons. The van der Waals surface area contributed by atoms with Gasteiger partial charge in [0.15, 0.2) is 0 Å². The molecular formula is C21H22N2O3. The lowest BCUT2D eigenvalue weighted by molar-refractivity contribution is 0.00695. The van der Waals surface area contributed by atoms with E-state index >= 15 is 0 Å². The summed E-state index contributed by atoms with van der Waals surface area (Å²) in [6.07, 6.45) is 1.77. The summed E-state index contributed by atoms with van der Waals surface area (Å²) in [7, 11) is 0. The predicted octanol–water partition coefficient (Wildman–Crippen LogP) is 3.59. The first-order valence-corrected chi connectivity index (χ1v) is 8.44. The Kier molecular flexibility index (Phi) is 4.55. The first-order chi connectivity index (χ1) is 12.2. The van der Waals surface area contributed by atoms with Gasteiger partial charge in [0, 0.05) is 17.3 Å². The molecule has 3 rings (SSSR count). The highest BCUT2D eigenvalue weighted by molar-refractivity contribution is 5.89. The van der Waals surface area contributed by atoms with E-state index in [9.17, 15) is 9.59 Å². The molecule has 0 aliphatic carbocycles. The van der Waals surface area contributed by atoms with Gasteiger partial charge in [-0.05, 0) is 62.1 Å². The Morgan fingerprint density at radius 2 is 1.77 bits per heavy atom. The van der Waals surface area contributed by atoms with E-state index < -0.39 is 5.60 Å². The van der Waals surface area contributed by atoms with Crippen molar-refractivity contribution in [3.8, 4) is 0 Å². The first kappa shape index (κ1) is 17.7. The number of hydrogen-bond acceptors (Lipinski definition) is 4. The van der Waals surface area contributed by atoms with Crippen LogP contribution in [0, 0.1) is 0 Å². The number of esters is 1. The number of nitrogen functional groups attached to an aromatic ring is 1. The number of benzene rings is 2. The summed E-state index contributed by atoms with van der Waals surface area (Å²) in [4.78, 5) is 24.7. The van der Waals surface area contributed by atoms with Crippen molar-refractivity contribution in [2.24, 2.45) is 0 Å². The van der Waals surface area contributed by atoms with Crippen molar-refractivity contribution < 1.29 is 9.53 Å². The molecule has 0 saturated carbocycles. The molecular weight excluding hydrogens is 328 g/mol. The van der Waals surface area contributed by atoms with E-state index in [1.807, 2.05) is 45.0 Å². The van der Waals surface area contributed by atoms with Gasteiger partial charge < -0.3 is 15.0 Å². The SMILES string of the molecule is CC(C)(C)OC(=O)c1ccc(Cn2ccc3ccc(N)cc3c2=O)cc1. The third-order valence-electron chi connectivity index (χ3n) is 3.94. The van der Waals surface area contributed by atoms with Crippen molar-refractivity contribution in [1.82, 2.24) is 4.57 Å². The fourth-order valence-corrected chi connectivity index (χ4v) is 2.70. The Hall–Kier alpha value is -3.08. The molecule has 1 heterocycles. The smallest absolute Gasteiger partial charge is 0.338 e. The molecule has 134 valence electrons. The number of carbonyl (C=O) groups is 1. The number of anilines is 1. The normalized spacial score (nSPS) is 11.5. The predicted molar refractivity (Wildman–Crippen MR) is 103 cm³/mol. The highest BCUT2D eigenvalue weighted by Crippen LogP contribution is 2.15. The standard InChI is InChI=1S/C21H22N2O3/c1-21(2,3)26-20(25)16-6-4-14(5-7-16)13-23-11-10-15-8-9-17(22)12-18(15)19(23)24/h4-12H,13,22H2,1-3H3. The largest absolute Gasteiger partial charge is 0.456 e. The molecule has 0 aliphatic rings. The van der Waals surface area contributed by atoms with Gasteiger partial charge in [0.1, 0.15) is 5.60 Å². The van der Waals surface area contributed by atoms with Gasteiger partial charge in [-0.3, -0.25) is 4.79 Å². The van der Waals surface area contributed by atoms with E-state index in [0.717, 1.165) is 10.9 Å². The van der Waals surface area contributed by atoms with Crippen LogP contribution in [-0.2, 0) is 11.3 Å². The van der Waals surface area contributed by atoms with Crippen molar-refractivity contribution in [1.29, 1.82) is 0 Å². The minimum absolute atomic E-state index is 0.0916. The Bertz CT molecular complexity index is 1010. The molecule has 0 fully saturated rings. The number of aromatic nitrogens is 1. The van der Waals surface area contributed by atoms with Crippen LogP contribution < -0.4 is 11.3 Å². The van der Waals surface area contributed by atoms with E-state index in [2.05, 4.69) is 0 Å². The minimum atomic E-state index is -0.532. The summed E-state index contributed by atoms with van der Waals surface area (Å²) >= 11 is 0. The van der Waals surface area contributed by atoms with Gasteiger partial charge in [0.25, 0.3) is 5.56 Å². The summed E-state index contributed by atoms with van der Waals surface area (Å²) in [6.45, 7) is 5.91. The number of ether oxygens (including phenoxy) is 1. The number of hydrogen-bond donors (Lipinski definition) is 1. The van der Waals surface area contributed by atoms with Gasteiger partial charge in [0.2, 0.25) is 0 Å². The molecule has 3 aromatic rings. The number of nitrogens with zero attached hydrogens (tertiary/aromatic N) is 1. The van der Waals surface area contributed by atoms with Crippen LogP contribution >= 0.6 is 0 Å². The zero-order valence-corrected chi connectivity index (χ0v) is 15.2. The van der Waals surface area contributed by atoms with E-state index in [1.165, 1.54) is 0 Å². The summed E-state index contributed by atoms with van der Waals surface area (Å²) in [5.74, 6) is -0.359. The monoisotopic (exact) mass is 350 g/mol. The van der Waals surface area contributed by atoms with E-state index in [1.54, 1.807) is 35.0 Å². The second-order valence-corrected chi connectivity index (χ2v) is 7.29. The minimum Gasteiger partial charge on any atom is -0.456 e. The van der Waals surface area contributed by atoms with E-state index in [-0.39, 0.29) is 11.5 Å². The third kappa shape index (κ3) is 3.94. The van der Waals surface area contributed by atoms with Crippen molar-refractivity contribution in [2.75, 3.05) is 5.73 Å². The van der Waals surface area contributed by atoms with E-state index in [4.69, 9.17) is 10.5 Å². The van der Waals surface area contributed by atoms with Crippen LogP contribution in [0.15, 0.2) is 59.5 Å². The van der Waals surface area contributed by atoms with Crippen molar-refractivity contribution in [2.45, 2.75) is 32.9 Å². The van der Waals surface area contributed by atoms with Crippen LogP contribution in [0.3, 0.4) is 0 Å². The fourth-order valence-electron chi connectivity index (χ4n) is 2.70. The van der Waals surface area contributed by atoms with Crippen LogP contribution in [0.4, 0.5) is 5.69 Å². The highest BCUT2D eigenvalue weighted by Gasteiger charge is 2.17. The van der Waals surface area contributed by atoms with Gasteiger partial charge in [-0.1, -0.05) is 18.2 Å². The lowest BCUT2D eigenvalue weighted by Crippen LogP contribution is -2.24. The van der Waals surface area contributed by atoms with Gasteiger partial charge in [-0.15, -0.1) is 0 Å². The zero-order chi connectivity index (χ0) is 18.9. The van der Waals surface area contributed by atoms with Gasteiger partial charge >= 0.3 is 5.97 Å². The van der Waals surface area contributed by atoms with Crippen molar-refractivity contribution in [3.63, 3.8) is 0 Å². The third-order valence-corrected chi connectivity index (χ3v) is 3.94. The molecule has 0 bridgehead atoms. The molecule has 0 saturated heterocycles. The summed E-state index contributed by atoms with van der Waals surface area (Å²) in [5.41, 5.74) is 7.14. The van der Waals surface area contributed by atoms with E-state index in [0.29, 0.717) is 23.2 Å². The average Bonchev–Trinajstić information content (AvgIpc) is 2.57. The summed E-state index contributed by atoms with van der Waals surface area (Å²) in [5, 5.41) is 1.46. The lowest BCUT2D eigenvalue weighted by atomic mass is 10.1. The Morgan fingerprint density at radius 1 is 1.08 bits per heavy atom. The van der Waals surface area contributed by atoms with Gasteiger partial charge in [0.05, 0.1) is 12.1 Å². The molecule has 0 spiro atoms. The van der Waals surface area contributed by atoms with Crippen LogP contribution in [-0.4, -0.2) is 16.1 Å². The maximum absolute atomic E-state index is 12.7. The maximum Gasteiger partial charge on any atom is 0.338 e. The quantitative estimate of drug-likeness (QED) is 0.579. The summed E-state index contributed by atoms with van der Waals surface area (Å²) < 4.78 is 6.98. The highest BCUT2D eigenvalue weighted by atomic mass is 16.6. The molecule has 0 aliphatic heterocycles. The van der Waals surface area contributed by atoms with Crippen LogP contribution in [0.5, 0.6) is 0 Å². The molecule has 0 atom stereocenters. The van der Waals surface area contributed by atoms with Crippen LogP contribution in [0.25, 0.3) is 10.8 Å². The maximum atomic E-state index is 12.7. The van der Waals surface area contributed by atoms with Crippen molar-refractivity contribution in [3.05, 3.63) is 76.2 Å². The number of pyridine rings is 1. The Morgan fingerprint density at radius 3 is 2.42 bits per heavy atom. The molecule has 5 heteroatoms. The lowest BCUT2D eigenvalue weighted by Gasteiger charge is -2.19. The Labute approximate surface area is 152 Å². The first-order valence-electron chi connectivity index (χ1n) is 8.44. The summed E-state index contributed by atoms with van der Waals surface area (Å²) in [6, 6.07) is 14.3. The zero-order valence-electron chi connectivity index (χ0n) is 15.2. The average molecular weight is 350 g/mol. The Balaban J connectivity index is 1.83. The number of carbonyl (C=O) groups excluding carboxylic acids is 1. The number of rotatable bonds is 3.